The van der Waals surface area contributed by atoms with Gasteiger partial charge in [0.2, 0.25) is 5.91 Å². The highest BCUT2D eigenvalue weighted by molar-refractivity contribution is 5.79. The van der Waals surface area contributed by atoms with Crippen molar-refractivity contribution in [1.29, 1.82) is 0 Å². The second-order valence-corrected chi connectivity index (χ2v) is 5.98. The second-order valence-electron chi connectivity index (χ2n) is 5.98. The molecule has 0 aromatic heterocycles. The van der Waals surface area contributed by atoms with Crippen LogP contribution in [0.15, 0.2) is 24.3 Å². The highest BCUT2D eigenvalue weighted by Gasteiger charge is 2.17. The Morgan fingerprint density at radius 1 is 1.29 bits per heavy atom. The van der Waals surface area contributed by atoms with Crippen LogP contribution in [0.5, 0.6) is 0 Å². The Kier molecular flexibility index (Phi) is 5.62. The third-order valence-electron chi connectivity index (χ3n) is 4.16. The van der Waals surface area contributed by atoms with E-state index in [2.05, 4.69) is 39.8 Å². The molecule has 2 N–H and O–H groups in total. The molecule has 1 aromatic rings. The molecule has 21 heavy (non-hydrogen) atoms. The average molecular weight is 289 g/mol. The van der Waals surface area contributed by atoms with E-state index in [1.54, 1.807) is 0 Å². The van der Waals surface area contributed by atoms with Crippen LogP contribution in [0.1, 0.15) is 38.3 Å². The summed E-state index contributed by atoms with van der Waals surface area (Å²) in [6, 6.07) is 8.58. The number of anilines is 1. The first-order valence-corrected chi connectivity index (χ1v) is 7.91. The fourth-order valence-electron chi connectivity index (χ4n) is 2.80. The Bertz CT molecular complexity index is 469. The van der Waals surface area contributed by atoms with Gasteiger partial charge in [0.05, 0.1) is 6.04 Å². The first kappa shape index (κ1) is 15.8. The van der Waals surface area contributed by atoms with Gasteiger partial charge in [-0.3, -0.25) is 4.79 Å². The SMILES string of the molecule is CNCC(C)C(=O)NC(C)c1cccc(N2CCCC2)c1. The third kappa shape index (κ3) is 4.21. The topological polar surface area (TPSA) is 44.4 Å². The molecule has 1 amide bonds. The number of amides is 1. The quantitative estimate of drug-likeness (QED) is 0.845. The number of nitrogens with zero attached hydrogens (tertiary/aromatic N) is 1. The lowest BCUT2D eigenvalue weighted by molar-refractivity contribution is -0.125. The Hall–Kier alpha value is -1.55. The van der Waals surface area contributed by atoms with Gasteiger partial charge in [-0.15, -0.1) is 0 Å². The standard InChI is InChI=1S/C17H27N3O/c1-13(12-18-3)17(21)19-14(2)15-7-6-8-16(11-15)20-9-4-5-10-20/h6-8,11,13-14,18H,4-5,9-10,12H2,1-3H3,(H,19,21). The van der Waals surface area contributed by atoms with Crippen molar-refractivity contribution in [3.8, 4) is 0 Å². The van der Waals surface area contributed by atoms with Crippen molar-refractivity contribution >= 4 is 11.6 Å². The lowest BCUT2D eigenvalue weighted by atomic mass is 10.1. The van der Waals surface area contributed by atoms with Gasteiger partial charge in [0, 0.05) is 31.2 Å². The van der Waals surface area contributed by atoms with E-state index in [-0.39, 0.29) is 17.9 Å². The van der Waals surface area contributed by atoms with Gasteiger partial charge in [-0.2, -0.15) is 0 Å². The molecule has 1 fully saturated rings. The van der Waals surface area contributed by atoms with Crippen LogP contribution < -0.4 is 15.5 Å². The molecule has 116 valence electrons. The van der Waals surface area contributed by atoms with Gasteiger partial charge in [0.1, 0.15) is 0 Å². The molecule has 0 aliphatic carbocycles. The van der Waals surface area contributed by atoms with Gasteiger partial charge in [-0.1, -0.05) is 19.1 Å². The molecule has 1 aliphatic heterocycles. The van der Waals surface area contributed by atoms with Crippen LogP contribution in [0, 0.1) is 5.92 Å². The zero-order valence-electron chi connectivity index (χ0n) is 13.4. The van der Waals surface area contributed by atoms with Crippen LogP contribution in [0.2, 0.25) is 0 Å². The summed E-state index contributed by atoms with van der Waals surface area (Å²) in [5, 5.41) is 6.14. The predicted molar refractivity (Wildman–Crippen MR) is 87.5 cm³/mol. The van der Waals surface area contributed by atoms with Crippen molar-refractivity contribution in [2.45, 2.75) is 32.7 Å². The maximum Gasteiger partial charge on any atom is 0.224 e. The van der Waals surface area contributed by atoms with Crippen LogP contribution in [-0.4, -0.2) is 32.6 Å². The fraction of sp³-hybridized carbons (Fsp3) is 0.588. The van der Waals surface area contributed by atoms with Crippen LogP contribution in [0.3, 0.4) is 0 Å². The molecule has 0 bridgehead atoms. The van der Waals surface area contributed by atoms with E-state index in [0.29, 0.717) is 6.54 Å². The Balaban J connectivity index is 2.00. The minimum atomic E-state index is -0.0146. The van der Waals surface area contributed by atoms with E-state index >= 15 is 0 Å². The summed E-state index contributed by atoms with van der Waals surface area (Å²) in [7, 11) is 1.87. The van der Waals surface area contributed by atoms with E-state index in [1.807, 2.05) is 20.9 Å². The van der Waals surface area contributed by atoms with E-state index < -0.39 is 0 Å². The highest BCUT2D eigenvalue weighted by Crippen LogP contribution is 2.24. The van der Waals surface area contributed by atoms with Gasteiger partial charge in [-0.25, -0.2) is 0 Å². The molecule has 1 aliphatic rings. The van der Waals surface area contributed by atoms with Gasteiger partial charge >= 0.3 is 0 Å². The summed E-state index contributed by atoms with van der Waals surface area (Å²) in [5.41, 5.74) is 2.44. The number of rotatable bonds is 6. The Labute approximate surface area is 127 Å². The summed E-state index contributed by atoms with van der Waals surface area (Å²) >= 11 is 0. The van der Waals surface area contributed by atoms with Crippen molar-refractivity contribution in [3.05, 3.63) is 29.8 Å². The molecular formula is C17H27N3O. The molecule has 2 atom stereocenters. The number of carbonyl (C=O) groups excluding carboxylic acids is 1. The van der Waals surface area contributed by atoms with Gasteiger partial charge in [-0.05, 0) is 44.5 Å². The van der Waals surface area contributed by atoms with Crippen LogP contribution in [0.25, 0.3) is 0 Å². The molecule has 1 saturated heterocycles. The monoisotopic (exact) mass is 289 g/mol. The second kappa shape index (κ2) is 7.46. The van der Waals surface area contributed by atoms with E-state index in [1.165, 1.54) is 24.1 Å². The summed E-state index contributed by atoms with van der Waals surface area (Å²) in [4.78, 5) is 14.5. The van der Waals surface area contributed by atoms with Gasteiger partial charge < -0.3 is 15.5 Å². The molecule has 4 nitrogen and oxygen atoms in total. The molecule has 0 saturated carbocycles. The molecule has 4 heteroatoms. The van der Waals surface area contributed by atoms with E-state index in [4.69, 9.17) is 0 Å². The van der Waals surface area contributed by atoms with E-state index in [0.717, 1.165) is 13.1 Å². The molecule has 1 heterocycles. The molecule has 2 unspecified atom stereocenters. The molecule has 1 aromatic carbocycles. The molecule has 2 rings (SSSR count). The zero-order chi connectivity index (χ0) is 15.2. The number of hydrogen-bond acceptors (Lipinski definition) is 3. The van der Waals surface area contributed by atoms with Gasteiger partial charge in [0.15, 0.2) is 0 Å². The summed E-state index contributed by atoms with van der Waals surface area (Å²) in [5.74, 6) is 0.0858. The first-order chi connectivity index (χ1) is 10.1. The number of benzene rings is 1. The zero-order valence-corrected chi connectivity index (χ0v) is 13.4. The molecule has 0 spiro atoms. The van der Waals surface area contributed by atoms with Crippen LogP contribution in [-0.2, 0) is 4.79 Å². The summed E-state index contributed by atoms with van der Waals surface area (Å²) in [6.07, 6.45) is 2.55. The lowest BCUT2D eigenvalue weighted by Crippen LogP contribution is -2.35. The normalized spacial score (nSPS) is 17.6. The number of hydrogen-bond donors (Lipinski definition) is 2. The first-order valence-electron chi connectivity index (χ1n) is 7.91. The summed E-state index contributed by atoms with van der Waals surface area (Å²) in [6.45, 7) is 6.98. The van der Waals surface area contributed by atoms with Crippen molar-refractivity contribution in [1.82, 2.24) is 10.6 Å². The molecule has 0 radical (unpaired) electrons. The Morgan fingerprint density at radius 3 is 2.67 bits per heavy atom. The maximum atomic E-state index is 12.1. The summed E-state index contributed by atoms with van der Waals surface area (Å²) < 4.78 is 0. The van der Waals surface area contributed by atoms with Crippen molar-refractivity contribution in [2.24, 2.45) is 5.92 Å². The Morgan fingerprint density at radius 2 is 2.00 bits per heavy atom. The third-order valence-corrected chi connectivity index (χ3v) is 4.16. The highest BCUT2D eigenvalue weighted by atomic mass is 16.1. The smallest absolute Gasteiger partial charge is 0.224 e. The number of carbonyl (C=O) groups is 1. The van der Waals surface area contributed by atoms with Gasteiger partial charge in [0.25, 0.3) is 0 Å². The maximum absolute atomic E-state index is 12.1. The predicted octanol–water partition coefficient (Wildman–Crippen LogP) is 2.32. The van der Waals surface area contributed by atoms with Crippen molar-refractivity contribution < 1.29 is 4.79 Å². The van der Waals surface area contributed by atoms with Crippen LogP contribution >= 0.6 is 0 Å². The van der Waals surface area contributed by atoms with Crippen molar-refractivity contribution in [3.63, 3.8) is 0 Å². The lowest BCUT2D eigenvalue weighted by Gasteiger charge is -2.21. The fourth-order valence-corrected chi connectivity index (χ4v) is 2.80. The van der Waals surface area contributed by atoms with Crippen LogP contribution in [0.4, 0.5) is 5.69 Å². The number of nitrogens with one attached hydrogen (secondary N) is 2. The van der Waals surface area contributed by atoms with E-state index in [9.17, 15) is 4.79 Å². The average Bonchev–Trinajstić information content (AvgIpc) is 3.01. The minimum absolute atomic E-state index is 0.0146. The molecular weight excluding hydrogens is 262 g/mol. The minimum Gasteiger partial charge on any atom is -0.372 e. The van der Waals surface area contributed by atoms with Crippen molar-refractivity contribution in [2.75, 3.05) is 31.6 Å². The largest absolute Gasteiger partial charge is 0.372 e.